The van der Waals surface area contributed by atoms with E-state index in [1.165, 1.54) is 32.1 Å². The Hall–Kier alpha value is -1.71. The monoisotopic (exact) mass is 369 g/mol. The number of aliphatic hydroxyl groups is 3. The van der Waals surface area contributed by atoms with Crippen LogP contribution in [0.2, 0.25) is 0 Å². The average molecular weight is 369 g/mol. The molecule has 0 amide bonds. The zero-order valence-corrected chi connectivity index (χ0v) is 14.5. The maximum absolute atomic E-state index is 10.9. The van der Waals surface area contributed by atoms with Crippen molar-refractivity contribution in [2.75, 3.05) is 0 Å². The number of carbonyl (C=O) groups is 1. The lowest BCUT2D eigenvalue weighted by Gasteiger charge is -2.38. The van der Waals surface area contributed by atoms with Gasteiger partial charge >= 0.3 is 5.97 Å². The molecule has 1 aliphatic carbocycles. The summed E-state index contributed by atoms with van der Waals surface area (Å²) in [6, 6.07) is 8.83. The largest absolute Gasteiger partial charge is 0.479 e. The predicted octanol–water partition coefficient (Wildman–Crippen LogP) is 0.235. The van der Waals surface area contributed by atoms with E-state index < -0.39 is 36.7 Å². The first-order chi connectivity index (χ1) is 12.4. The normalized spacial score (nSPS) is 32.2. The van der Waals surface area contributed by atoms with E-state index in [0.29, 0.717) is 11.8 Å². The number of rotatable bonds is 3. The number of carboxylic acid groups (broad SMARTS) is 1. The number of hydrogen-bond acceptors (Lipinski definition) is 7. The van der Waals surface area contributed by atoms with Gasteiger partial charge in [-0.25, -0.2) is 4.79 Å². The van der Waals surface area contributed by atoms with Crippen molar-refractivity contribution in [3.05, 3.63) is 30.3 Å². The Morgan fingerprint density at radius 2 is 1.62 bits per heavy atom. The van der Waals surface area contributed by atoms with Crippen LogP contribution in [0, 0.1) is 0 Å². The molecule has 5 atom stereocenters. The Balaban J connectivity index is 0.000000290. The molecule has 0 aromatic heterocycles. The molecule has 0 radical (unpaired) electrons. The van der Waals surface area contributed by atoms with Gasteiger partial charge in [0, 0.05) is 6.04 Å². The van der Waals surface area contributed by atoms with Crippen molar-refractivity contribution < 1.29 is 34.7 Å². The van der Waals surface area contributed by atoms with Gasteiger partial charge in [0.05, 0.1) is 0 Å². The van der Waals surface area contributed by atoms with E-state index in [9.17, 15) is 20.1 Å². The standard InChI is InChI=1S/C12H14O7.C6H13N/c13-7-8(14)10(11(16)17)19-12(9(7)15)18-6-4-2-1-3-5-6;7-6-4-2-1-3-5-6/h1-5,7-10,12-15H,(H,16,17);6H,1-5,7H2/t7-,8-,9+,10+,12+;/m0./s1. The van der Waals surface area contributed by atoms with Crippen LogP contribution in [0.1, 0.15) is 32.1 Å². The van der Waals surface area contributed by atoms with E-state index in [1.54, 1.807) is 30.3 Å². The minimum Gasteiger partial charge on any atom is -0.479 e. The van der Waals surface area contributed by atoms with Crippen molar-refractivity contribution in [3.8, 4) is 5.75 Å². The summed E-state index contributed by atoms with van der Waals surface area (Å²) in [5.74, 6) is -1.10. The first-order valence-electron chi connectivity index (χ1n) is 8.80. The number of hydrogen-bond donors (Lipinski definition) is 5. The quantitative estimate of drug-likeness (QED) is 0.510. The SMILES string of the molecule is NC1CCCCC1.O=C(O)[C@@H]1O[C@@H](Oc2ccccc2)[C@H](O)[C@@H](O)[C@@H]1O. The maximum Gasteiger partial charge on any atom is 0.335 e. The molecular weight excluding hydrogens is 342 g/mol. The number of benzene rings is 1. The second kappa shape index (κ2) is 9.84. The van der Waals surface area contributed by atoms with E-state index in [1.807, 2.05) is 0 Å². The third kappa shape index (κ3) is 5.65. The summed E-state index contributed by atoms with van der Waals surface area (Å²) in [6.07, 6.45) is -1.30. The number of carboxylic acids is 1. The lowest BCUT2D eigenvalue weighted by molar-refractivity contribution is -0.271. The number of aliphatic hydroxyl groups excluding tert-OH is 3. The number of aliphatic carboxylic acids is 1. The maximum atomic E-state index is 10.9. The molecule has 1 saturated carbocycles. The highest BCUT2D eigenvalue weighted by atomic mass is 16.7. The van der Waals surface area contributed by atoms with Crippen molar-refractivity contribution in [3.63, 3.8) is 0 Å². The molecule has 2 fully saturated rings. The first-order valence-corrected chi connectivity index (χ1v) is 8.80. The summed E-state index contributed by atoms with van der Waals surface area (Å²) in [7, 11) is 0. The molecule has 1 aromatic carbocycles. The summed E-state index contributed by atoms with van der Waals surface area (Å²) in [6.45, 7) is 0. The number of nitrogens with two attached hydrogens (primary N) is 1. The van der Waals surface area contributed by atoms with Crippen LogP contribution in [0.4, 0.5) is 0 Å². The Morgan fingerprint density at radius 1 is 1.00 bits per heavy atom. The van der Waals surface area contributed by atoms with Crippen LogP contribution in [0.25, 0.3) is 0 Å². The fraction of sp³-hybridized carbons (Fsp3) is 0.611. The van der Waals surface area contributed by atoms with Gasteiger partial charge in [-0.05, 0) is 25.0 Å². The molecule has 0 spiro atoms. The van der Waals surface area contributed by atoms with E-state index >= 15 is 0 Å². The third-order valence-corrected chi connectivity index (χ3v) is 4.46. The van der Waals surface area contributed by atoms with E-state index in [0.717, 1.165) is 0 Å². The summed E-state index contributed by atoms with van der Waals surface area (Å²) in [5, 5.41) is 37.7. The van der Waals surface area contributed by atoms with Crippen LogP contribution in [0.3, 0.4) is 0 Å². The Kier molecular flexibility index (Phi) is 7.80. The van der Waals surface area contributed by atoms with Crippen LogP contribution >= 0.6 is 0 Å². The van der Waals surface area contributed by atoms with Crippen LogP contribution in [0.15, 0.2) is 30.3 Å². The van der Waals surface area contributed by atoms with E-state index in [-0.39, 0.29) is 0 Å². The molecule has 1 aromatic rings. The summed E-state index contributed by atoms with van der Waals surface area (Å²) in [5.41, 5.74) is 5.63. The van der Waals surface area contributed by atoms with Gasteiger partial charge in [0.2, 0.25) is 6.29 Å². The summed E-state index contributed by atoms with van der Waals surface area (Å²) >= 11 is 0. The van der Waals surface area contributed by atoms with E-state index in [2.05, 4.69) is 0 Å². The molecule has 146 valence electrons. The minimum atomic E-state index is -1.72. The zero-order chi connectivity index (χ0) is 19.1. The van der Waals surface area contributed by atoms with Gasteiger partial charge in [-0.2, -0.15) is 0 Å². The summed E-state index contributed by atoms with van der Waals surface area (Å²) in [4.78, 5) is 10.9. The molecular formula is C18H27NO7. The highest BCUT2D eigenvalue weighted by Gasteiger charge is 2.48. The minimum absolute atomic E-state index is 0.347. The molecule has 1 heterocycles. The molecule has 2 aliphatic rings. The molecule has 3 rings (SSSR count). The molecule has 26 heavy (non-hydrogen) atoms. The fourth-order valence-electron chi connectivity index (χ4n) is 2.92. The Labute approximate surface area is 152 Å². The van der Waals surface area contributed by atoms with Crippen molar-refractivity contribution in [2.45, 2.75) is 68.9 Å². The lowest BCUT2D eigenvalue weighted by atomic mass is 9.97. The molecule has 0 bridgehead atoms. The molecule has 6 N–H and O–H groups in total. The second-order valence-electron chi connectivity index (χ2n) is 6.56. The highest BCUT2D eigenvalue weighted by molar-refractivity contribution is 5.73. The highest BCUT2D eigenvalue weighted by Crippen LogP contribution is 2.24. The molecule has 1 aliphatic heterocycles. The van der Waals surface area contributed by atoms with Crippen LogP contribution in [0.5, 0.6) is 5.75 Å². The average Bonchev–Trinajstić information content (AvgIpc) is 2.64. The van der Waals surface area contributed by atoms with Gasteiger partial charge in [-0.3, -0.25) is 0 Å². The third-order valence-electron chi connectivity index (χ3n) is 4.46. The predicted molar refractivity (Wildman–Crippen MR) is 92.4 cm³/mol. The number of para-hydroxylation sites is 1. The van der Waals surface area contributed by atoms with Crippen LogP contribution < -0.4 is 10.5 Å². The van der Waals surface area contributed by atoms with Crippen molar-refractivity contribution in [1.29, 1.82) is 0 Å². The molecule has 1 saturated heterocycles. The van der Waals surface area contributed by atoms with Gasteiger partial charge in [0.25, 0.3) is 0 Å². The summed E-state index contributed by atoms with van der Waals surface area (Å²) < 4.78 is 10.2. The first kappa shape index (κ1) is 20.6. The molecule has 8 nitrogen and oxygen atoms in total. The van der Waals surface area contributed by atoms with Gasteiger partial charge in [-0.1, -0.05) is 37.5 Å². The fourth-order valence-corrected chi connectivity index (χ4v) is 2.92. The van der Waals surface area contributed by atoms with Gasteiger partial charge in [0.1, 0.15) is 24.1 Å². The number of ether oxygens (including phenoxy) is 2. The smallest absolute Gasteiger partial charge is 0.335 e. The molecule has 8 heteroatoms. The Bertz CT molecular complexity index is 550. The van der Waals surface area contributed by atoms with Crippen LogP contribution in [-0.4, -0.2) is 63.1 Å². The Morgan fingerprint density at radius 3 is 2.12 bits per heavy atom. The topological polar surface area (TPSA) is 142 Å². The lowest BCUT2D eigenvalue weighted by Crippen LogP contribution is -2.61. The molecule has 0 unspecified atom stereocenters. The van der Waals surface area contributed by atoms with Gasteiger partial charge < -0.3 is 35.6 Å². The van der Waals surface area contributed by atoms with Crippen molar-refractivity contribution >= 4 is 5.97 Å². The van der Waals surface area contributed by atoms with Gasteiger partial charge in [-0.15, -0.1) is 0 Å². The van der Waals surface area contributed by atoms with Gasteiger partial charge in [0.15, 0.2) is 6.10 Å². The van der Waals surface area contributed by atoms with Crippen molar-refractivity contribution in [1.82, 2.24) is 0 Å². The second-order valence-corrected chi connectivity index (χ2v) is 6.56. The van der Waals surface area contributed by atoms with Crippen molar-refractivity contribution in [2.24, 2.45) is 5.73 Å². The zero-order valence-electron chi connectivity index (χ0n) is 14.5. The van der Waals surface area contributed by atoms with E-state index in [4.69, 9.17) is 20.3 Å². The van der Waals surface area contributed by atoms with Crippen LogP contribution in [-0.2, 0) is 9.53 Å².